The molecule has 0 spiro atoms. The van der Waals surface area contributed by atoms with Gasteiger partial charge in [0.25, 0.3) is 0 Å². The van der Waals surface area contributed by atoms with Crippen LogP contribution in [-0.2, 0) is 20.9 Å². The van der Waals surface area contributed by atoms with Crippen LogP contribution >= 0.6 is 0 Å². The van der Waals surface area contributed by atoms with E-state index in [0.29, 0.717) is 12.7 Å². The Labute approximate surface area is 147 Å². The molecule has 4 nitrogen and oxygen atoms in total. The van der Waals surface area contributed by atoms with Gasteiger partial charge in [-0.15, -0.1) is 0 Å². The maximum Gasteiger partial charge on any atom is 0.163 e. The number of hydrogen-bond acceptors (Lipinski definition) is 4. The van der Waals surface area contributed by atoms with Gasteiger partial charge < -0.3 is 9.47 Å². The van der Waals surface area contributed by atoms with Crippen LogP contribution in [0.2, 0.25) is 25.7 Å². The highest BCUT2D eigenvalue weighted by atomic mass is 28.3. The van der Waals surface area contributed by atoms with Crippen molar-refractivity contribution in [1.82, 2.24) is 5.06 Å². The molecule has 0 aromatic heterocycles. The van der Waals surface area contributed by atoms with Crippen molar-refractivity contribution in [2.75, 3.05) is 6.61 Å². The van der Waals surface area contributed by atoms with Gasteiger partial charge in [-0.3, -0.25) is 4.84 Å². The van der Waals surface area contributed by atoms with Gasteiger partial charge in [0, 0.05) is 14.6 Å². The summed E-state index contributed by atoms with van der Waals surface area (Å²) >= 11 is 0. The highest BCUT2D eigenvalue weighted by Crippen LogP contribution is 2.35. The number of hydrogen-bond donors (Lipinski definition) is 0. The van der Waals surface area contributed by atoms with Crippen molar-refractivity contribution >= 4 is 8.07 Å². The minimum Gasteiger partial charge on any atom is -0.348 e. The van der Waals surface area contributed by atoms with Crippen LogP contribution in [0.3, 0.4) is 0 Å². The molecule has 0 bridgehead atoms. The smallest absolute Gasteiger partial charge is 0.163 e. The van der Waals surface area contributed by atoms with Gasteiger partial charge in [0.05, 0.1) is 18.8 Å². The third-order valence-electron chi connectivity index (χ3n) is 4.64. The lowest BCUT2D eigenvalue weighted by Gasteiger charge is -2.27. The fraction of sp³-hybridized carbons (Fsp3) is 0.684. The molecule has 2 aliphatic heterocycles. The maximum atomic E-state index is 6.37. The first-order valence-electron chi connectivity index (χ1n) is 9.01. The maximum absolute atomic E-state index is 6.37. The van der Waals surface area contributed by atoms with Crippen LogP contribution in [0.5, 0.6) is 0 Å². The van der Waals surface area contributed by atoms with Crippen LogP contribution in [0.15, 0.2) is 30.3 Å². The van der Waals surface area contributed by atoms with Crippen LogP contribution in [-0.4, -0.2) is 43.8 Å². The van der Waals surface area contributed by atoms with Crippen molar-refractivity contribution in [3.63, 3.8) is 0 Å². The summed E-state index contributed by atoms with van der Waals surface area (Å²) in [6, 6.07) is 12.0. The van der Waals surface area contributed by atoms with Crippen molar-refractivity contribution in [1.29, 1.82) is 0 Å². The van der Waals surface area contributed by atoms with Crippen molar-refractivity contribution < 1.29 is 14.3 Å². The second-order valence-corrected chi connectivity index (χ2v) is 14.3. The summed E-state index contributed by atoms with van der Waals surface area (Å²) in [5.41, 5.74) is 1.27. The summed E-state index contributed by atoms with van der Waals surface area (Å²) < 4.78 is 12.0. The van der Waals surface area contributed by atoms with E-state index in [1.165, 1.54) is 11.6 Å². The highest BCUT2D eigenvalue weighted by Gasteiger charge is 2.45. The first-order valence-corrected chi connectivity index (χ1v) is 12.7. The van der Waals surface area contributed by atoms with Gasteiger partial charge in [0.15, 0.2) is 5.79 Å². The van der Waals surface area contributed by atoms with Crippen LogP contribution in [0.1, 0.15) is 25.8 Å². The first kappa shape index (κ1) is 18.1. The Morgan fingerprint density at radius 2 is 1.88 bits per heavy atom. The van der Waals surface area contributed by atoms with Crippen LogP contribution in [0.25, 0.3) is 0 Å². The molecule has 5 heteroatoms. The minimum absolute atomic E-state index is 0.0790. The fourth-order valence-electron chi connectivity index (χ4n) is 3.66. The lowest BCUT2D eigenvalue weighted by molar-refractivity contribution is -0.193. The molecule has 2 aliphatic rings. The fourth-order valence-corrected chi connectivity index (χ4v) is 5.27. The zero-order valence-electron chi connectivity index (χ0n) is 15.6. The molecule has 0 N–H and O–H groups in total. The first-order chi connectivity index (χ1) is 11.2. The molecule has 2 fully saturated rings. The lowest BCUT2D eigenvalue weighted by Crippen LogP contribution is -2.40. The summed E-state index contributed by atoms with van der Waals surface area (Å²) in [5.74, 6) is -0.486. The van der Waals surface area contributed by atoms with E-state index in [9.17, 15) is 0 Å². The van der Waals surface area contributed by atoms with E-state index >= 15 is 0 Å². The van der Waals surface area contributed by atoms with E-state index in [1.807, 2.05) is 13.8 Å². The third-order valence-corrected chi connectivity index (χ3v) is 6.32. The summed E-state index contributed by atoms with van der Waals surface area (Å²) in [5, 5.41) is 2.15. The molecule has 0 unspecified atom stereocenters. The topological polar surface area (TPSA) is 30.9 Å². The molecule has 0 amide bonds. The second-order valence-electron chi connectivity index (χ2n) is 8.72. The van der Waals surface area contributed by atoms with Gasteiger partial charge in [-0.05, 0) is 31.9 Å². The molecule has 0 radical (unpaired) electrons. The van der Waals surface area contributed by atoms with E-state index in [0.717, 1.165) is 13.0 Å². The zero-order chi connectivity index (χ0) is 17.4. The van der Waals surface area contributed by atoms with Gasteiger partial charge in [0.1, 0.15) is 6.10 Å². The summed E-state index contributed by atoms with van der Waals surface area (Å²) in [6.07, 6.45) is 1.41. The number of hydroxylamine groups is 2. The normalized spacial score (nSPS) is 30.8. The van der Waals surface area contributed by atoms with Crippen LogP contribution in [0, 0.1) is 0 Å². The quantitative estimate of drug-likeness (QED) is 0.751. The molecule has 0 saturated carbocycles. The molecule has 2 heterocycles. The number of rotatable bonds is 5. The average Bonchev–Trinajstić information content (AvgIpc) is 3.01. The van der Waals surface area contributed by atoms with Gasteiger partial charge in [-0.2, -0.15) is 5.06 Å². The van der Waals surface area contributed by atoms with Gasteiger partial charge in [-0.25, -0.2) is 0 Å². The monoisotopic (exact) mass is 349 g/mol. The van der Waals surface area contributed by atoms with Crippen molar-refractivity contribution in [2.45, 2.75) is 76.5 Å². The molecule has 3 rings (SSSR count). The molecule has 2 saturated heterocycles. The predicted octanol–water partition coefficient (Wildman–Crippen LogP) is 4.05. The van der Waals surface area contributed by atoms with Crippen molar-refractivity contribution in [2.24, 2.45) is 0 Å². The molecule has 24 heavy (non-hydrogen) atoms. The molecule has 0 aliphatic carbocycles. The largest absolute Gasteiger partial charge is 0.348 e. The standard InChI is InChI=1S/C19H31NO3Si/c1-19(2)21-13-18(22-19)17-11-16(14-24(3,4)5)23-20(17)12-15-9-7-6-8-10-15/h6-10,16-18H,11-14H2,1-5H3/t16-,17-,18+/m0/s1. The Balaban J connectivity index is 1.72. The average molecular weight is 350 g/mol. The Morgan fingerprint density at radius 1 is 1.17 bits per heavy atom. The number of nitrogens with zero attached hydrogens (tertiary/aromatic N) is 1. The van der Waals surface area contributed by atoms with Gasteiger partial charge in [0.2, 0.25) is 0 Å². The Bertz CT molecular complexity index is 543. The molecule has 3 atom stereocenters. The van der Waals surface area contributed by atoms with Crippen molar-refractivity contribution in [3.8, 4) is 0 Å². The number of ether oxygens (including phenoxy) is 2. The van der Waals surface area contributed by atoms with Crippen LogP contribution < -0.4 is 0 Å². The Morgan fingerprint density at radius 3 is 2.46 bits per heavy atom. The van der Waals surface area contributed by atoms with E-state index in [2.05, 4.69) is 55.0 Å². The van der Waals surface area contributed by atoms with E-state index in [-0.39, 0.29) is 12.1 Å². The van der Waals surface area contributed by atoms with E-state index < -0.39 is 13.9 Å². The zero-order valence-corrected chi connectivity index (χ0v) is 16.6. The van der Waals surface area contributed by atoms with Gasteiger partial charge >= 0.3 is 0 Å². The molecule has 1 aromatic carbocycles. The number of benzene rings is 1. The van der Waals surface area contributed by atoms with E-state index in [1.54, 1.807) is 0 Å². The minimum atomic E-state index is -1.17. The van der Waals surface area contributed by atoms with Crippen LogP contribution in [0.4, 0.5) is 0 Å². The molecular weight excluding hydrogens is 318 g/mol. The van der Waals surface area contributed by atoms with Crippen molar-refractivity contribution in [3.05, 3.63) is 35.9 Å². The lowest BCUT2D eigenvalue weighted by atomic mass is 10.1. The SMILES string of the molecule is CC1(C)OC[C@H]([C@@H]2C[C@@H](C[Si](C)(C)C)ON2Cc2ccccc2)O1. The summed E-state index contributed by atoms with van der Waals surface area (Å²) in [7, 11) is -1.17. The second kappa shape index (κ2) is 6.88. The van der Waals surface area contributed by atoms with Gasteiger partial charge in [-0.1, -0.05) is 50.0 Å². The predicted molar refractivity (Wildman–Crippen MR) is 98.3 cm³/mol. The Hall–Kier alpha value is -0.723. The van der Waals surface area contributed by atoms with E-state index in [4.69, 9.17) is 14.3 Å². The third kappa shape index (κ3) is 4.67. The summed E-state index contributed by atoms with van der Waals surface area (Å²) in [4.78, 5) is 6.37. The molecule has 1 aromatic rings. The molecular formula is C19H31NO3Si. The molecule has 134 valence electrons. The Kier molecular flexibility index (Phi) is 5.19. The highest BCUT2D eigenvalue weighted by molar-refractivity contribution is 6.76. The summed E-state index contributed by atoms with van der Waals surface area (Å²) in [6.45, 7) is 12.6.